The zero-order valence-electron chi connectivity index (χ0n) is 15.1. The smallest absolute Gasteiger partial charge is 0.310 e. The molecule has 0 N–H and O–H groups in total. The fraction of sp³-hybridized carbons (Fsp3) is 0.350. The standard InChI is InChI=1S/C20H21N3O3S/c1-2-26-20(25)14-7-6-12-23(13-14)19(24)17-16(22-10-3-4-11-22)15-8-5-9-21-18(15)27-17/h3-5,8-11,14H,2,6-7,12-13H2,1H3. The molecule has 1 aliphatic rings. The van der Waals surface area contributed by atoms with E-state index in [0.29, 0.717) is 24.6 Å². The monoisotopic (exact) mass is 383 g/mol. The molecule has 1 fully saturated rings. The molecule has 3 aromatic heterocycles. The molecule has 140 valence electrons. The molecule has 0 bridgehead atoms. The number of aromatic nitrogens is 2. The fourth-order valence-corrected chi connectivity index (χ4v) is 4.67. The molecule has 0 aromatic carbocycles. The van der Waals surface area contributed by atoms with Crippen LogP contribution in [-0.4, -0.2) is 46.0 Å². The lowest BCUT2D eigenvalue weighted by Gasteiger charge is -2.31. The lowest BCUT2D eigenvalue weighted by atomic mass is 9.98. The average molecular weight is 383 g/mol. The van der Waals surface area contributed by atoms with Crippen LogP contribution in [0, 0.1) is 5.92 Å². The van der Waals surface area contributed by atoms with Crippen LogP contribution < -0.4 is 0 Å². The topological polar surface area (TPSA) is 64.4 Å². The summed E-state index contributed by atoms with van der Waals surface area (Å²) in [5.41, 5.74) is 0.858. The number of nitrogens with zero attached hydrogens (tertiary/aromatic N) is 3. The van der Waals surface area contributed by atoms with E-state index in [2.05, 4.69) is 4.98 Å². The number of carbonyl (C=O) groups is 2. The maximum atomic E-state index is 13.4. The summed E-state index contributed by atoms with van der Waals surface area (Å²) in [7, 11) is 0. The number of amides is 1. The number of likely N-dealkylation sites (tertiary alicyclic amines) is 1. The van der Waals surface area contributed by atoms with Crippen LogP contribution in [0.5, 0.6) is 0 Å². The summed E-state index contributed by atoms with van der Waals surface area (Å²) in [6.45, 7) is 3.23. The first kappa shape index (κ1) is 17.7. The predicted molar refractivity (Wildman–Crippen MR) is 104 cm³/mol. The Morgan fingerprint density at radius 3 is 2.89 bits per heavy atom. The summed E-state index contributed by atoms with van der Waals surface area (Å²) in [5.74, 6) is -0.500. The Bertz CT molecular complexity index is 964. The molecular formula is C20H21N3O3S. The maximum Gasteiger partial charge on any atom is 0.310 e. The van der Waals surface area contributed by atoms with Gasteiger partial charge in [-0.15, -0.1) is 11.3 Å². The van der Waals surface area contributed by atoms with Gasteiger partial charge in [0.1, 0.15) is 9.71 Å². The van der Waals surface area contributed by atoms with Crippen LogP contribution in [0.15, 0.2) is 42.9 Å². The number of esters is 1. The largest absolute Gasteiger partial charge is 0.466 e. The number of fused-ring (bicyclic) bond motifs is 1. The number of hydrogen-bond acceptors (Lipinski definition) is 5. The predicted octanol–water partition coefficient (Wildman–Crippen LogP) is 3.50. The molecule has 0 aliphatic carbocycles. The number of piperidine rings is 1. The highest BCUT2D eigenvalue weighted by Gasteiger charge is 2.32. The summed E-state index contributed by atoms with van der Waals surface area (Å²) >= 11 is 1.40. The van der Waals surface area contributed by atoms with Gasteiger partial charge in [-0.2, -0.15) is 0 Å². The molecule has 4 rings (SSSR count). The Morgan fingerprint density at radius 1 is 1.30 bits per heavy atom. The van der Waals surface area contributed by atoms with Crippen LogP contribution in [0.25, 0.3) is 15.9 Å². The molecule has 0 radical (unpaired) electrons. The number of ether oxygens (including phenoxy) is 1. The number of hydrogen-bond donors (Lipinski definition) is 0. The molecule has 3 aromatic rings. The second-order valence-corrected chi connectivity index (χ2v) is 7.57. The van der Waals surface area contributed by atoms with Crippen molar-refractivity contribution in [3.63, 3.8) is 0 Å². The van der Waals surface area contributed by atoms with Gasteiger partial charge in [0, 0.05) is 37.1 Å². The van der Waals surface area contributed by atoms with E-state index in [0.717, 1.165) is 28.7 Å². The maximum absolute atomic E-state index is 13.4. The minimum Gasteiger partial charge on any atom is -0.466 e. The molecule has 0 saturated carbocycles. The van der Waals surface area contributed by atoms with Crippen molar-refractivity contribution in [2.75, 3.05) is 19.7 Å². The number of carbonyl (C=O) groups excluding carboxylic acids is 2. The molecule has 0 spiro atoms. The molecule has 1 saturated heterocycles. The van der Waals surface area contributed by atoms with Gasteiger partial charge in [-0.05, 0) is 44.0 Å². The number of rotatable bonds is 4. The molecule has 4 heterocycles. The van der Waals surface area contributed by atoms with Crippen molar-refractivity contribution in [3.8, 4) is 5.69 Å². The van der Waals surface area contributed by atoms with E-state index in [1.165, 1.54) is 11.3 Å². The van der Waals surface area contributed by atoms with Gasteiger partial charge in [0.2, 0.25) is 0 Å². The summed E-state index contributed by atoms with van der Waals surface area (Å²) in [6, 6.07) is 7.74. The van der Waals surface area contributed by atoms with Gasteiger partial charge in [0.25, 0.3) is 5.91 Å². The van der Waals surface area contributed by atoms with Crippen LogP contribution in [0.1, 0.15) is 29.4 Å². The van der Waals surface area contributed by atoms with Gasteiger partial charge >= 0.3 is 5.97 Å². The summed E-state index contributed by atoms with van der Waals surface area (Å²) in [6.07, 6.45) is 7.17. The van der Waals surface area contributed by atoms with Crippen molar-refractivity contribution in [2.45, 2.75) is 19.8 Å². The van der Waals surface area contributed by atoms with Crippen LogP contribution >= 0.6 is 11.3 Å². The average Bonchev–Trinajstić information content (AvgIpc) is 3.35. The summed E-state index contributed by atoms with van der Waals surface area (Å²) in [4.78, 5) is 33.2. The Kier molecular flexibility index (Phi) is 4.94. The van der Waals surface area contributed by atoms with Crippen molar-refractivity contribution in [1.29, 1.82) is 0 Å². The third kappa shape index (κ3) is 3.35. The molecular weight excluding hydrogens is 362 g/mol. The van der Waals surface area contributed by atoms with E-state index in [9.17, 15) is 9.59 Å². The molecule has 1 aliphatic heterocycles. The molecule has 27 heavy (non-hydrogen) atoms. The first-order chi connectivity index (χ1) is 13.2. The molecule has 1 atom stereocenters. The highest BCUT2D eigenvalue weighted by Crippen LogP contribution is 2.34. The summed E-state index contributed by atoms with van der Waals surface area (Å²) < 4.78 is 7.12. The quantitative estimate of drug-likeness (QED) is 0.647. The third-order valence-corrected chi connectivity index (χ3v) is 5.92. The van der Waals surface area contributed by atoms with Gasteiger partial charge in [-0.1, -0.05) is 0 Å². The van der Waals surface area contributed by atoms with Gasteiger partial charge in [-0.25, -0.2) is 4.98 Å². The van der Waals surface area contributed by atoms with E-state index < -0.39 is 0 Å². The minimum atomic E-state index is -0.245. The van der Waals surface area contributed by atoms with Crippen molar-refractivity contribution >= 4 is 33.4 Å². The molecule has 1 unspecified atom stereocenters. The second-order valence-electron chi connectivity index (χ2n) is 6.57. The van der Waals surface area contributed by atoms with E-state index in [4.69, 9.17) is 4.74 Å². The third-order valence-electron chi connectivity index (χ3n) is 4.83. The Hall–Kier alpha value is -2.67. The minimum absolute atomic E-state index is 0.0456. The van der Waals surface area contributed by atoms with E-state index in [1.807, 2.05) is 41.2 Å². The molecule has 1 amide bonds. The van der Waals surface area contributed by atoms with Gasteiger partial charge < -0.3 is 14.2 Å². The van der Waals surface area contributed by atoms with Crippen LogP contribution in [0.3, 0.4) is 0 Å². The van der Waals surface area contributed by atoms with Crippen molar-refractivity contribution < 1.29 is 14.3 Å². The van der Waals surface area contributed by atoms with E-state index >= 15 is 0 Å². The normalized spacial score (nSPS) is 17.2. The Balaban J connectivity index is 1.69. The first-order valence-electron chi connectivity index (χ1n) is 9.15. The van der Waals surface area contributed by atoms with Gasteiger partial charge in [0.05, 0.1) is 18.2 Å². The van der Waals surface area contributed by atoms with Gasteiger partial charge in [-0.3, -0.25) is 9.59 Å². The SMILES string of the molecule is CCOC(=O)C1CCCN(C(=O)c2sc3ncccc3c2-n2cccc2)C1. The van der Waals surface area contributed by atoms with Crippen molar-refractivity contribution in [3.05, 3.63) is 47.7 Å². The molecule has 7 heteroatoms. The van der Waals surface area contributed by atoms with Crippen molar-refractivity contribution in [1.82, 2.24) is 14.5 Å². The highest BCUT2D eigenvalue weighted by atomic mass is 32.1. The lowest BCUT2D eigenvalue weighted by molar-refractivity contribution is -0.149. The zero-order valence-corrected chi connectivity index (χ0v) is 15.9. The number of thiophene rings is 1. The Morgan fingerprint density at radius 2 is 2.11 bits per heavy atom. The second kappa shape index (κ2) is 7.52. The van der Waals surface area contributed by atoms with Crippen LogP contribution in [0.2, 0.25) is 0 Å². The molecule has 6 nitrogen and oxygen atoms in total. The van der Waals surface area contributed by atoms with Crippen LogP contribution in [0.4, 0.5) is 0 Å². The van der Waals surface area contributed by atoms with Gasteiger partial charge in [0.15, 0.2) is 0 Å². The highest BCUT2D eigenvalue weighted by molar-refractivity contribution is 7.21. The van der Waals surface area contributed by atoms with Crippen LogP contribution in [-0.2, 0) is 9.53 Å². The number of pyridine rings is 1. The van der Waals surface area contributed by atoms with E-state index in [-0.39, 0.29) is 17.8 Å². The zero-order chi connectivity index (χ0) is 18.8. The van der Waals surface area contributed by atoms with E-state index in [1.54, 1.807) is 18.0 Å². The van der Waals surface area contributed by atoms with Crippen molar-refractivity contribution in [2.24, 2.45) is 5.92 Å². The fourth-order valence-electron chi connectivity index (χ4n) is 3.56. The Labute approximate surface area is 161 Å². The first-order valence-corrected chi connectivity index (χ1v) is 9.97. The lowest BCUT2D eigenvalue weighted by Crippen LogP contribution is -2.42. The summed E-state index contributed by atoms with van der Waals surface area (Å²) in [5, 5.41) is 0.959.